The molecule has 0 bridgehead atoms. The van der Waals surface area contributed by atoms with Gasteiger partial charge in [0, 0.05) is 28.2 Å². The Labute approximate surface area is 186 Å². The summed E-state index contributed by atoms with van der Waals surface area (Å²) < 4.78 is 1.77. The lowest BCUT2D eigenvalue weighted by atomic mass is 10.1. The number of rotatable bonds is 6. The number of nitrogens with zero attached hydrogens (tertiary/aromatic N) is 3. The summed E-state index contributed by atoms with van der Waals surface area (Å²) in [6, 6.07) is 17.1. The monoisotopic (exact) mass is 442 g/mol. The zero-order valence-electron chi connectivity index (χ0n) is 16.8. The van der Waals surface area contributed by atoms with E-state index in [2.05, 4.69) is 22.2 Å². The van der Waals surface area contributed by atoms with Crippen LogP contribution in [-0.2, 0) is 0 Å². The molecule has 7 heteroatoms. The largest absolute Gasteiger partial charge is 0.349 e. The zero-order valence-corrected chi connectivity index (χ0v) is 18.3. The molecule has 0 radical (unpaired) electrons. The highest BCUT2D eigenvalue weighted by molar-refractivity contribution is 6.30. The Hall–Kier alpha value is -2.34. The molecule has 1 atom stereocenters. The molecular formula is C23H24Cl2N4O. The molecule has 30 heavy (non-hydrogen) atoms. The SMILES string of the molecule is CCN1CCC[C@@H]1CNC(=O)c1cc(-c2ccc(Cl)cc2)n(-c2ccc(Cl)cc2)n1. The van der Waals surface area contributed by atoms with Crippen LogP contribution in [-0.4, -0.2) is 46.3 Å². The van der Waals surface area contributed by atoms with Gasteiger partial charge in [0.2, 0.25) is 0 Å². The summed E-state index contributed by atoms with van der Waals surface area (Å²) in [6.45, 7) is 4.90. The third-order valence-electron chi connectivity index (χ3n) is 5.56. The molecule has 2 heterocycles. The van der Waals surface area contributed by atoms with E-state index in [1.54, 1.807) is 4.68 Å². The molecule has 156 valence electrons. The molecule has 4 rings (SSSR count). The van der Waals surface area contributed by atoms with Crippen molar-refractivity contribution in [3.05, 3.63) is 70.3 Å². The van der Waals surface area contributed by atoms with Crippen LogP contribution in [0.25, 0.3) is 16.9 Å². The van der Waals surface area contributed by atoms with Crippen molar-refractivity contribution in [1.29, 1.82) is 0 Å². The first-order valence-electron chi connectivity index (χ1n) is 10.2. The standard InChI is InChI=1S/C23H24Cl2N4O/c1-2-28-13-3-4-20(28)15-26-23(30)21-14-22(16-5-7-17(24)8-6-16)29(27-21)19-11-9-18(25)10-12-19/h5-12,14,20H,2-4,13,15H2,1H3,(H,26,30)/t20-/m1/s1. The van der Waals surface area contributed by atoms with Crippen LogP contribution in [0, 0.1) is 0 Å². The Kier molecular flexibility index (Phi) is 6.42. The Morgan fingerprint density at radius 2 is 1.77 bits per heavy atom. The smallest absolute Gasteiger partial charge is 0.271 e. The van der Waals surface area contributed by atoms with E-state index in [9.17, 15) is 4.79 Å². The Bertz CT molecular complexity index is 952. The minimum absolute atomic E-state index is 0.166. The van der Waals surface area contributed by atoms with Crippen molar-refractivity contribution in [2.24, 2.45) is 0 Å². The summed E-state index contributed by atoms with van der Waals surface area (Å²) in [7, 11) is 0. The molecule has 3 aromatic rings. The van der Waals surface area contributed by atoms with E-state index in [4.69, 9.17) is 23.2 Å². The van der Waals surface area contributed by atoms with Gasteiger partial charge in [0.05, 0.1) is 11.4 Å². The van der Waals surface area contributed by atoms with Crippen molar-refractivity contribution in [2.45, 2.75) is 25.8 Å². The van der Waals surface area contributed by atoms with E-state index in [1.807, 2.05) is 54.6 Å². The molecule has 1 saturated heterocycles. The number of nitrogens with one attached hydrogen (secondary N) is 1. The highest BCUT2D eigenvalue weighted by atomic mass is 35.5. The third-order valence-corrected chi connectivity index (χ3v) is 6.06. The van der Waals surface area contributed by atoms with Crippen LogP contribution < -0.4 is 5.32 Å². The summed E-state index contributed by atoms with van der Waals surface area (Å²) in [6.07, 6.45) is 2.30. The Morgan fingerprint density at radius 3 is 2.43 bits per heavy atom. The number of amides is 1. The lowest BCUT2D eigenvalue weighted by Crippen LogP contribution is -2.40. The highest BCUT2D eigenvalue weighted by Crippen LogP contribution is 2.26. The Balaban J connectivity index is 1.62. The normalized spacial score (nSPS) is 16.7. The van der Waals surface area contributed by atoms with E-state index in [0.717, 1.165) is 36.5 Å². The minimum atomic E-state index is -0.166. The minimum Gasteiger partial charge on any atom is -0.349 e. The van der Waals surface area contributed by atoms with Crippen molar-refractivity contribution in [1.82, 2.24) is 20.0 Å². The van der Waals surface area contributed by atoms with Crippen LogP contribution in [0.5, 0.6) is 0 Å². The second kappa shape index (κ2) is 9.21. The fourth-order valence-electron chi connectivity index (χ4n) is 3.94. The number of aromatic nitrogens is 2. The lowest BCUT2D eigenvalue weighted by Gasteiger charge is -2.22. The molecule has 0 unspecified atom stereocenters. The molecule has 0 aliphatic carbocycles. The van der Waals surface area contributed by atoms with Gasteiger partial charge in [-0.15, -0.1) is 0 Å². The van der Waals surface area contributed by atoms with Crippen LogP contribution >= 0.6 is 23.2 Å². The van der Waals surface area contributed by atoms with E-state index in [-0.39, 0.29) is 5.91 Å². The molecule has 1 aromatic heterocycles. The quantitative estimate of drug-likeness (QED) is 0.580. The number of carbonyl (C=O) groups is 1. The summed E-state index contributed by atoms with van der Waals surface area (Å²) in [5.74, 6) is -0.166. The van der Waals surface area contributed by atoms with Crippen molar-refractivity contribution >= 4 is 29.1 Å². The van der Waals surface area contributed by atoms with Gasteiger partial charge in [0.15, 0.2) is 5.69 Å². The fraction of sp³-hybridized carbons (Fsp3) is 0.304. The van der Waals surface area contributed by atoms with Gasteiger partial charge in [-0.3, -0.25) is 9.69 Å². The van der Waals surface area contributed by atoms with Crippen LogP contribution in [0.1, 0.15) is 30.3 Å². The maximum Gasteiger partial charge on any atom is 0.271 e. The molecule has 1 amide bonds. The van der Waals surface area contributed by atoms with Crippen molar-refractivity contribution in [3.8, 4) is 16.9 Å². The number of hydrogen-bond acceptors (Lipinski definition) is 3. The molecular weight excluding hydrogens is 419 g/mol. The molecule has 5 nitrogen and oxygen atoms in total. The molecule has 1 N–H and O–H groups in total. The van der Waals surface area contributed by atoms with E-state index < -0.39 is 0 Å². The predicted octanol–water partition coefficient (Wildman–Crippen LogP) is 5.06. The topological polar surface area (TPSA) is 50.2 Å². The molecule has 1 fully saturated rings. The number of likely N-dealkylation sites (tertiary alicyclic amines) is 1. The van der Waals surface area contributed by atoms with Gasteiger partial charge in [-0.25, -0.2) is 4.68 Å². The number of benzene rings is 2. The molecule has 0 spiro atoms. The number of likely N-dealkylation sites (N-methyl/N-ethyl adjacent to an activating group) is 1. The fourth-order valence-corrected chi connectivity index (χ4v) is 4.19. The summed E-state index contributed by atoms with van der Waals surface area (Å²) in [5.41, 5.74) is 2.95. The number of hydrogen-bond donors (Lipinski definition) is 1. The van der Waals surface area contributed by atoms with Crippen molar-refractivity contribution in [2.75, 3.05) is 19.6 Å². The second-order valence-electron chi connectivity index (χ2n) is 7.44. The van der Waals surface area contributed by atoms with Gasteiger partial charge in [-0.1, -0.05) is 42.3 Å². The summed E-state index contributed by atoms with van der Waals surface area (Å²) in [5, 5.41) is 8.98. The number of halogens is 2. The van der Waals surface area contributed by atoms with Crippen LogP contribution in [0.4, 0.5) is 0 Å². The maximum atomic E-state index is 12.9. The van der Waals surface area contributed by atoms with Gasteiger partial charge in [0.1, 0.15) is 0 Å². The number of carbonyl (C=O) groups excluding carboxylic acids is 1. The maximum absolute atomic E-state index is 12.9. The third kappa shape index (κ3) is 4.53. The Morgan fingerprint density at radius 1 is 1.10 bits per heavy atom. The predicted molar refractivity (Wildman–Crippen MR) is 122 cm³/mol. The summed E-state index contributed by atoms with van der Waals surface area (Å²) in [4.78, 5) is 15.3. The van der Waals surface area contributed by atoms with E-state index >= 15 is 0 Å². The first-order chi connectivity index (χ1) is 14.5. The van der Waals surface area contributed by atoms with Gasteiger partial charge >= 0.3 is 0 Å². The second-order valence-corrected chi connectivity index (χ2v) is 8.32. The molecule has 0 saturated carbocycles. The van der Waals surface area contributed by atoms with Crippen LogP contribution in [0.2, 0.25) is 10.0 Å². The van der Waals surface area contributed by atoms with Crippen molar-refractivity contribution < 1.29 is 4.79 Å². The van der Waals surface area contributed by atoms with Gasteiger partial charge in [0.25, 0.3) is 5.91 Å². The first-order valence-corrected chi connectivity index (χ1v) is 10.9. The average Bonchev–Trinajstić information content (AvgIpc) is 3.40. The highest BCUT2D eigenvalue weighted by Gasteiger charge is 2.24. The molecule has 2 aromatic carbocycles. The summed E-state index contributed by atoms with van der Waals surface area (Å²) >= 11 is 12.1. The zero-order chi connectivity index (χ0) is 21.1. The van der Waals surface area contributed by atoms with Gasteiger partial charge < -0.3 is 5.32 Å². The van der Waals surface area contributed by atoms with Crippen LogP contribution in [0.15, 0.2) is 54.6 Å². The molecule has 1 aliphatic heterocycles. The van der Waals surface area contributed by atoms with E-state index in [0.29, 0.717) is 28.3 Å². The molecule has 1 aliphatic rings. The van der Waals surface area contributed by atoms with Gasteiger partial charge in [-0.05, 0) is 68.4 Å². The van der Waals surface area contributed by atoms with Crippen molar-refractivity contribution in [3.63, 3.8) is 0 Å². The van der Waals surface area contributed by atoms with Crippen LogP contribution in [0.3, 0.4) is 0 Å². The van der Waals surface area contributed by atoms with E-state index in [1.165, 1.54) is 6.42 Å². The lowest BCUT2D eigenvalue weighted by molar-refractivity contribution is 0.0936. The first kappa shape index (κ1) is 20.9. The average molecular weight is 443 g/mol. The van der Waals surface area contributed by atoms with Gasteiger partial charge in [-0.2, -0.15) is 5.10 Å².